The van der Waals surface area contributed by atoms with Crippen LogP contribution in [0.25, 0.3) is 0 Å². The van der Waals surface area contributed by atoms with E-state index in [1.54, 1.807) is 11.9 Å². The predicted molar refractivity (Wildman–Crippen MR) is 96.1 cm³/mol. The molecule has 0 spiro atoms. The minimum absolute atomic E-state index is 0.0103. The smallest absolute Gasteiger partial charge is 0.284 e. The molecule has 2 aromatic carbocycles. The maximum absolute atomic E-state index is 13.7. The lowest BCUT2D eigenvalue weighted by Gasteiger charge is -2.23. The Morgan fingerprint density at radius 2 is 1.75 bits per heavy atom. The highest BCUT2D eigenvalue weighted by molar-refractivity contribution is 6.35. The third-order valence-corrected chi connectivity index (χ3v) is 4.59. The molecule has 0 bridgehead atoms. The molecule has 128 valence electrons. The highest BCUT2D eigenvalue weighted by atomic mass is 35.5. The number of para-hydroxylation sites is 1. The summed E-state index contributed by atoms with van der Waals surface area (Å²) in [4.78, 5) is 14.2. The fourth-order valence-corrected chi connectivity index (χ4v) is 3.15. The van der Waals surface area contributed by atoms with Crippen LogP contribution in [0.15, 0.2) is 42.5 Å². The summed E-state index contributed by atoms with van der Waals surface area (Å²) in [5.74, 6) is -0.560. The largest absolute Gasteiger partial charge is 0.330 e. The first-order valence-corrected chi connectivity index (χ1v) is 8.39. The lowest BCUT2D eigenvalue weighted by atomic mass is 10.1. The molecule has 0 saturated carbocycles. The molecule has 0 aliphatic heterocycles. The fourth-order valence-electron chi connectivity index (χ4n) is 2.59. The molecular formula is C18H20Cl2FN2O+. The van der Waals surface area contributed by atoms with Crippen molar-refractivity contribution in [3.63, 3.8) is 0 Å². The summed E-state index contributed by atoms with van der Waals surface area (Å²) < 4.78 is 13.7. The van der Waals surface area contributed by atoms with E-state index >= 15 is 0 Å². The van der Waals surface area contributed by atoms with Crippen LogP contribution in [-0.4, -0.2) is 19.0 Å². The van der Waals surface area contributed by atoms with Crippen molar-refractivity contribution in [3.05, 3.63) is 63.9 Å². The van der Waals surface area contributed by atoms with Gasteiger partial charge in [-0.25, -0.2) is 4.39 Å². The molecule has 3 nitrogen and oxygen atoms in total. The first-order chi connectivity index (χ1) is 11.3. The normalized spacial score (nSPS) is 13.4. The number of likely N-dealkylation sites (N-methyl/N-ethyl adjacent to an activating group) is 1. The van der Waals surface area contributed by atoms with Crippen LogP contribution in [0.1, 0.15) is 25.5 Å². The summed E-state index contributed by atoms with van der Waals surface area (Å²) in [5, 5.41) is 2.24. The predicted octanol–water partition coefficient (Wildman–Crippen LogP) is 3.81. The maximum atomic E-state index is 13.7. The molecule has 0 unspecified atom stereocenters. The molecule has 0 fully saturated rings. The van der Waals surface area contributed by atoms with Crippen LogP contribution in [-0.2, 0) is 4.79 Å². The van der Waals surface area contributed by atoms with Crippen LogP contribution in [0.5, 0.6) is 0 Å². The lowest BCUT2D eigenvalue weighted by Crippen LogP contribution is -2.92. The van der Waals surface area contributed by atoms with Crippen LogP contribution >= 0.6 is 23.2 Å². The van der Waals surface area contributed by atoms with Gasteiger partial charge in [0.1, 0.15) is 11.9 Å². The third kappa shape index (κ3) is 4.26. The monoisotopic (exact) mass is 369 g/mol. The second kappa shape index (κ2) is 7.97. The van der Waals surface area contributed by atoms with Gasteiger partial charge in [-0.1, -0.05) is 41.4 Å². The average molecular weight is 370 g/mol. The molecule has 0 radical (unpaired) electrons. The van der Waals surface area contributed by atoms with Crippen molar-refractivity contribution in [3.8, 4) is 0 Å². The molecule has 1 amide bonds. The standard InChI is InChI=1S/C18H19Cl2FN2O/c1-11(14-9-17(21)16(20)10-15(14)19)22-12(2)18(24)23(3)13-7-5-4-6-8-13/h4-12,22H,1-3H3/p+1/t11-,12-/m1/s1. The van der Waals surface area contributed by atoms with Gasteiger partial charge in [0.25, 0.3) is 5.91 Å². The first kappa shape index (κ1) is 18.7. The van der Waals surface area contributed by atoms with Gasteiger partial charge < -0.3 is 10.2 Å². The average Bonchev–Trinajstić information content (AvgIpc) is 2.57. The summed E-state index contributed by atoms with van der Waals surface area (Å²) in [5.41, 5.74) is 1.44. The Balaban J connectivity index is 2.10. The topological polar surface area (TPSA) is 36.9 Å². The molecule has 2 aromatic rings. The van der Waals surface area contributed by atoms with Gasteiger partial charge in [0, 0.05) is 18.3 Å². The van der Waals surface area contributed by atoms with Crippen molar-refractivity contribution in [1.82, 2.24) is 0 Å². The van der Waals surface area contributed by atoms with Crippen LogP contribution in [0.2, 0.25) is 10.0 Å². The number of hydrogen-bond acceptors (Lipinski definition) is 1. The summed E-state index contributed by atoms with van der Waals surface area (Å²) in [6.07, 6.45) is 0. The minimum atomic E-state index is -0.517. The molecule has 0 aliphatic rings. The van der Waals surface area contributed by atoms with E-state index in [0.717, 1.165) is 5.69 Å². The van der Waals surface area contributed by atoms with Crippen LogP contribution in [0.3, 0.4) is 0 Å². The Kier molecular flexibility index (Phi) is 6.21. The molecule has 2 rings (SSSR count). The second-order valence-electron chi connectivity index (χ2n) is 5.79. The molecule has 24 heavy (non-hydrogen) atoms. The van der Waals surface area contributed by atoms with Crippen molar-refractivity contribution < 1.29 is 14.5 Å². The molecule has 0 saturated heterocycles. The van der Waals surface area contributed by atoms with Crippen LogP contribution in [0.4, 0.5) is 10.1 Å². The Morgan fingerprint density at radius 1 is 1.12 bits per heavy atom. The van der Waals surface area contributed by atoms with Crippen molar-refractivity contribution in [1.29, 1.82) is 0 Å². The van der Waals surface area contributed by atoms with Gasteiger partial charge in [-0.15, -0.1) is 0 Å². The lowest BCUT2D eigenvalue weighted by molar-refractivity contribution is -0.710. The molecular weight excluding hydrogens is 350 g/mol. The molecule has 0 heterocycles. The Bertz CT molecular complexity index is 724. The zero-order valence-electron chi connectivity index (χ0n) is 13.8. The molecule has 0 aliphatic carbocycles. The molecule has 2 N–H and O–H groups in total. The Labute approximate surface area is 151 Å². The van der Waals surface area contributed by atoms with Gasteiger partial charge >= 0.3 is 0 Å². The van der Waals surface area contributed by atoms with Crippen molar-refractivity contribution in [2.75, 3.05) is 11.9 Å². The number of carbonyl (C=O) groups excluding carboxylic acids is 1. The zero-order chi connectivity index (χ0) is 17.9. The third-order valence-electron chi connectivity index (χ3n) is 3.97. The van der Waals surface area contributed by atoms with E-state index in [1.807, 2.05) is 49.5 Å². The number of halogens is 3. The van der Waals surface area contributed by atoms with Gasteiger partial charge in [0.05, 0.1) is 10.0 Å². The Hall–Kier alpha value is -1.62. The number of rotatable bonds is 5. The van der Waals surface area contributed by atoms with E-state index in [0.29, 0.717) is 10.6 Å². The molecule has 0 aromatic heterocycles. The Morgan fingerprint density at radius 3 is 2.38 bits per heavy atom. The number of quaternary nitrogens is 1. The number of amides is 1. The number of carbonyl (C=O) groups is 1. The van der Waals surface area contributed by atoms with Crippen LogP contribution < -0.4 is 10.2 Å². The van der Waals surface area contributed by atoms with Crippen LogP contribution in [0, 0.1) is 5.82 Å². The number of anilines is 1. The summed E-state index contributed by atoms with van der Waals surface area (Å²) >= 11 is 11.9. The number of benzene rings is 2. The van der Waals surface area contributed by atoms with Crippen molar-refractivity contribution in [2.45, 2.75) is 25.9 Å². The summed E-state index contributed by atoms with van der Waals surface area (Å²) in [6.45, 7) is 3.69. The number of nitrogens with two attached hydrogens (primary N) is 1. The van der Waals surface area contributed by atoms with E-state index in [4.69, 9.17) is 23.2 Å². The summed E-state index contributed by atoms with van der Waals surface area (Å²) in [7, 11) is 1.74. The van der Waals surface area contributed by atoms with E-state index < -0.39 is 5.82 Å². The quantitative estimate of drug-likeness (QED) is 0.799. The molecule has 2 atom stereocenters. The fraction of sp³-hybridized carbons (Fsp3) is 0.278. The van der Waals surface area contributed by atoms with Crippen molar-refractivity contribution >= 4 is 34.8 Å². The minimum Gasteiger partial charge on any atom is -0.330 e. The second-order valence-corrected chi connectivity index (χ2v) is 6.60. The first-order valence-electron chi connectivity index (χ1n) is 7.63. The van der Waals surface area contributed by atoms with Gasteiger partial charge in [-0.05, 0) is 38.1 Å². The number of nitrogens with zero attached hydrogens (tertiary/aromatic N) is 1. The highest BCUT2D eigenvalue weighted by Gasteiger charge is 2.25. The van der Waals surface area contributed by atoms with Gasteiger partial charge in [-0.2, -0.15) is 0 Å². The molecule has 6 heteroatoms. The van der Waals surface area contributed by atoms with E-state index in [2.05, 4.69) is 0 Å². The van der Waals surface area contributed by atoms with Crippen molar-refractivity contribution in [2.24, 2.45) is 0 Å². The maximum Gasteiger partial charge on any atom is 0.284 e. The van der Waals surface area contributed by atoms with E-state index in [9.17, 15) is 9.18 Å². The highest BCUT2D eigenvalue weighted by Crippen LogP contribution is 2.27. The van der Waals surface area contributed by atoms with E-state index in [1.165, 1.54) is 12.1 Å². The SMILES string of the molecule is C[C@@H]([NH2+][C@H](C)c1cc(F)c(Cl)cc1Cl)C(=O)N(C)c1ccccc1. The van der Waals surface area contributed by atoms with Gasteiger partial charge in [0.2, 0.25) is 0 Å². The zero-order valence-corrected chi connectivity index (χ0v) is 15.3. The van der Waals surface area contributed by atoms with Gasteiger partial charge in [0.15, 0.2) is 6.04 Å². The van der Waals surface area contributed by atoms with E-state index in [-0.39, 0.29) is 23.0 Å². The number of hydrogen-bond donors (Lipinski definition) is 1. The summed E-state index contributed by atoms with van der Waals surface area (Å²) in [6, 6.07) is 11.6. The van der Waals surface area contributed by atoms with Gasteiger partial charge in [-0.3, -0.25) is 4.79 Å².